The Morgan fingerprint density at radius 2 is 2.10 bits per heavy atom. The zero-order valence-electron chi connectivity index (χ0n) is 12.0. The van der Waals surface area contributed by atoms with Crippen LogP contribution in [0.25, 0.3) is 5.57 Å². The van der Waals surface area contributed by atoms with Gasteiger partial charge in [0.25, 0.3) is 0 Å². The van der Waals surface area contributed by atoms with Crippen LogP contribution in [-0.4, -0.2) is 38.2 Å². The Kier molecular flexibility index (Phi) is 5.62. The van der Waals surface area contributed by atoms with Crippen LogP contribution >= 0.6 is 11.3 Å². The topological polar surface area (TPSA) is 106 Å². The van der Waals surface area contributed by atoms with Gasteiger partial charge in [0, 0.05) is 27.8 Å². The van der Waals surface area contributed by atoms with E-state index in [0.29, 0.717) is 0 Å². The molecule has 1 amide bonds. The number of carboxylic acid groups (broad SMARTS) is 1. The Morgan fingerprint density at radius 1 is 1.48 bits per heavy atom. The molecule has 0 spiro atoms. The fraction of sp³-hybridized carbons (Fsp3) is 0.417. The molecule has 1 aromatic heterocycles. The predicted molar refractivity (Wildman–Crippen MR) is 81.6 cm³/mol. The number of carbonyl (C=O) groups excluding carboxylic acids is 1. The molecule has 9 heteroatoms. The number of anilines is 1. The largest absolute Gasteiger partial charge is 0.478 e. The number of hydrogen-bond acceptors (Lipinski definition) is 6. The maximum Gasteiger partial charge on any atom is 0.413 e. The van der Waals surface area contributed by atoms with Gasteiger partial charge < -0.3 is 9.84 Å². The number of rotatable bonds is 4. The molecule has 0 saturated carbocycles. The van der Waals surface area contributed by atoms with Gasteiger partial charge in [0.15, 0.2) is 5.13 Å². The molecule has 0 aliphatic rings. The standard InChI is InChI=1S/C12H16N2O5S2/c1-12(2,3)19-11(17)14-10-13-8(5-20-10)7(9(15)16)6-21(4)18/h5-6H,1-4H3,(H,15,16)(H,13,14,17)/b7-6-. The second kappa shape index (κ2) is 6.81. The molecule has 1 unspecified atom stereocenters. The molecule has 0 fully saturated rings. The Hall–Kier alpha value is -1.74. The van der Waals surface area contributed by atoms with Crippen molar-refractivity contribution in [3.8, 4) is 0 Å². The van der Waals surface area contributed by atoms with Gasteiger partial charge in [-0.15, -0.1) is 11.3 Å². The van der Waals surface area contributed by atoms with Crippen molar-refractivity contribution < 1.29 is 23.6 Å². The molecule has 2 N–H and O–H groups in total. The highest BCUT2D eigenvalue weighted by Gasteiger charge is 2.19. The van der Waals surface area contributed by atoms with Gasteiger partial charge in [-0.05, 0) is 20.8 Å². The molecular formula is C12H16N2O5S2. The number of carbonyl (C=O) groups is 2. The van der Waals surface area contributed by atoms with Gasteiger partial charge in [0.05, 0.1) is 11.3 Å². The summed E-state index contributed by atoms with van der Waals surface area (Å²) in [7, 11) is -1.42. The lowest BCUT2D eigenvalue weighted by atomic mass is 10.2. The number of aromatic nitrogens is 1. The Morgan fingerprint density at radius 3 is 2.57 bits per heavy atom. The van der Waals surface area contributed by atoms with Gasteiger partial charge in [-0.25, -0.2) is 14.6 Å². The van der Waals surface area contributed by atoms with E-state index >= 15 is 0 Å². The summed E-state index contributed by atoms with van der Waals surface area (Å²) in [6, 6.07) is 0. The predicted octanol–water partition coefficient (Wildman–Crippen LogP) is 2.29. The van der Waals surface area contributed by atoms with E-state index in [1.165, 1.54) is 11.6 Å². The maximum atomic E-state index is 11.6. The van der Waals surface area contributed by atoms with Crippen molar-refractivity contribution >= 4 is 44.9 Å². The summed E-state index contributed by atoms with van der Waals surface area (Å²) in [6.07, 6.45) is 0.679. The molecule has 0 radical (unpaired) electrons. The van der Waals surface area contributed by atoms with Crippen LogP contribution in [-0.2, 0) is 20.3 Å². The van der Waals surface area contributed by atoms with Crippen LogP contribution in [0.2, 0.25) is 0 Å². The highest BCUT2D eigenvalue weighted by Crippen LogP contribution is 2.22. The molecule has 116 valence electrons. The van der Waals surface area contributed by atoms with E-state index in [1.807, 2.05) is 0 Å². The summed E-state index contributed by atoms with van der Waals surface area (Å²) in [6.45, 7) is 5.17. The van der Waals surface area contributed by atoms with E-state index in [9.17, 15) is 13.8 Å². The number of ether oxygens (including phenoxy) is 1. The van der Waals surface area contributed by atoms with Crippen molar-refractivity contribution in [2.75, 3.05) is 11.6 Å². The Balaban J connectivity index is 2.88. The van der Waals surface area contributed by atoms with E-state index in [-0.39, 0.29) is 16.4 Å². The highest BCUT2D eigenvalue weighted by atomic mass is 32.2. The molecule has 0 aliphatic carbocycles. The fourth-order valence-electron chi connectivity index (χ4n) is 1.23. The smallest absolute Gasteiger partial charge is 0.413 e. The summed E-state index contributed by atoms with van der Waals surface area (Å²) in [5.74, 6) is -1.24. The molecule has 1 rings (SSSR count). The second-order valence-corrected chi connectivity index (χ2v) is 7.09. The number of nitrogens with one attached hydrogen (secondary N) is 1. The number of amides is 1. The van der Waals surface area contributed by atoms with E-state index < -0.39 is 28.5 Å². The van der Waals surface area contributed by atoms with Gasteiger partial charge in [-0.1, -0.05) is 0 Å². The van der Waals surface area contributed by atoms with Crippen LogP contribution in [0.1, 0.15) is 26.5 Å². The minimum atomic E-state index is -1.42. The van der Waals surface area contributed by atoms with E-state index in [1.54, 1.807) is 20.8 Å². The molecule has 7 nitrogen and oxygen atoms in total. The van der Waals surface area contributed by atoms with Gasteiger partial charge >= 0.3 is 12.1 Å². The average molecular weight is 332 g/mol. The first-order valence-corrected chi connectivity index (χ1v) is 8.32. The molecule has 0 bridgehead atoms. The van der Waals surface area contributed by atoms with Crippen molar-refractivity contribution in [2.45, 2.75) is 26.4 Å². The Bertz CT molecular complexity index is 601. The van der Waals surface area contributed by atoms with E-state index in [2.05, 4.69) is 10.3 Å². The quantitative estimate of drug-likeness (QED) is 0.820. The number of nitrogens with zero attached hydrogens (tertiary/aromatic N) is 1. The lowest BCUT2D eigenvalue weighted by molar-refractivity contribution is -0.130. The molecule has 0 saturated heterocycles. The lowest BCUT2D eigenvalue weighted by Crippen LogP contribution is -2.27. The molecule has 0 aliphatic heterocycles. The normalized spacial score (nSPS) is 13.6. The van der Waals surface area contributed by atoms with Crippen molar-refractivity contribution in [2.24, 2.45) is 0 Å². The van der Waals surface area contributed by atoms with Crippen molar-refractivity contribution in [1.82, 2.24) is 4.98 Å². The zero-order chi connectivity index (χ0) is 16.2. The monoisotopic (exact) mass is 332 g/mol. The fourth-order valence-corrected chi connectivity index (χ4v) is 2.48. The molecule has 0 aromatic carbocycles. The summed E-state index contributed by atoms with van der Waals surface area (Å²) in [5.41, 5.74) is -0.687. The van der Waals surface area contributed by atoms with Crippen LogP contribution in [0.5, 0.6) is 0 Å². The first-order chi connectivity index (χ1) is 9.58. The zero-order valence-corrected chi connectivity index (χ0v) is 13.6. The number of aliphatic carboxylic acids is 1. The minimum Gasteiger partial charge on any atom is -0.478 e. The summed E-state index contributed by atoms with van der Waals surface area (Å²) in [4.78, 5) is 26.7. The molecule has 1 aromatic rings. The summed E-state index contributed by atoms with van der Waals surface area (Å²) in [5, 5.41) is 14.2. The summed E-state index contributed by atoms with van der Waals surface area (Å²) >= 11 is 1.05. The maximum absolute atomic E-state index is 11.6. The van der Waals surface area contributed by atoms with Crippen molar-refractivity contribution in [3.63, 3.8) is 0 Å². The molecule has 1 heterocycles. The highest BCUT2D eigenvalue weighted by molar-refractivity contribution is 7.87. The van der Waals surface area contributed by atoms with Crippen LogP contribution in [0.3, 0.4) is 0 Å². The van der Waals surface area contributed by atoms with Gasteiger partial charge in [-0.2, -0.15) is 0 Å². The van der Waals surface area contributed by atoms with E-state index in [0.717, 1.165) is 16.7 Å². The number of thiazole rings is 1. The van der Waals surface area contributed by atoms with Crippen molar-refractivity contribution in [3.05, 3.63) is 16.5 Å². The third-order valence-electron chi connectivity index (χ3n) is 1.90. The first kappa shape index (κ1) is 17.3. The van der Waals surface area contributed by atoms with Crippen LogP contribution in [0.15, 0.2) is 10.8 Å². The molecular weight excluding hydrogens is 316 g/mol. The van der Waals surface area contributed by atoms with Gasteiger partial charge in [-0.3, -0.25) is 9.53 Å². The minimum absolute atomic E-state index is 0.133. The van der Waals surface area contributed by atoms with Crippen LogP contribution in [0, 0.1) is 0 Å². The second-order valence-electron chi connectivity index (χ2n) is 5.00. The Labute approximate surface area is 128 Å². The number of carboxylic acids is 1. The van der Waals surface area contributed by atoms with Crippen LogP contribution in [0.4, 0.5) is 9.93 Å². The van der Waals surface area contributed by atoms with E-state index in [4.69, 9.17) is 9.84 Å². The lowest BCUT2D eigenvalue weighted by Gasteiger charge is -2.18. The van der Waals surface area contributed by atoms with Gasteiger partial charge in [0.2, 0.25) is 0 Å². The third kappa shape index (κ3) is 6.05. The first-order valence-electron chi connectivity index (χ1n) is 5.82. The molecule has 1 atom stereocenters. The summed E-state index contributed by atoms with van der Waals surface area (Å²) < 4.78 is 16.2. The van der Waals surface area contributed by atoms with Crippen LogP contribution < -0.4 is 5.32 Å². The average Bonchev–Trinajstić information content (AvgIpc) is 2.70. The molecule has 21 heavy (non-hydrogen) atoms. The van der Waals surface area contributed by atoms with Gasteiger partial charge in [0.1, 0.15) is 5.60 Å². The SMILES string of the molecule is CS(=O)/C=C(\C(=O)O)c1csc(NC(=O)OC(C)(C)C)n1. The number of hydrogen-bond donors (Lipinski definition) is 2. The third-order valence-corrected chi connectivity index (χ3v) is 3.23. The van der Waals surface area contributed by atoms with Crippen molar-refractivity contribution in [1.29, 1.82) is 0 Å².